The number of anilines is 1. The van der Waals surface area contributed by atoms with E-state index in [1.165, 1.54) is 11.1 Å². The zero-order chi connectivity index (χ0) is 31.2. The predicted octanol–water partition coefficient (Wildman–Crippen LogP) is 2.01. The van der Waals surface area contributed by atoms with E-state index >= 15 is 0 Å². The molecular weight excluding hydrogens is 599 g/mol. The van der Waals surface area contributed by atoms with Gasteiger partial charge in [0.15, 0.2) is 12.2 Å². The van der Waals surface area contributed by atoms with Crippen molar-refractivity contribution in [1.29, 1.82) is 0 Å². The summed E-state index contributed by atoms with van der Waals surface area (Å²) in [4.78, 5) is 25.6. The molecule has 0 radical (unpaired) electrons. The number of nitrogens with zero attached hydrogens (tertiary/aromatic N) is 1. The summed E-state index contributed by atoms with van der Waals surface area (Å²) in [6, 6.07) is 12.2. The molecule has 0 aromatic heterocycles. The summed E-state index contributed by atoms with van der Waals surface area (Å²) in [6.07, 6.45) is -3.68. The summed E-state index contributed by atoms with van der Waals surface area (Å²) in [6.45, 7) is 6.62. The minimum Gasteiger partial charge on any atom is -0.383 e. The van der Waals surface area contributed by atoms with E-state index in [1.54, 1.807) is 6.92 Å². The number of carbonyl (C=O) groups is 2. The minimum atomic E-state index is -1.85. The van der Waals surface area contributed by atoms with Gasteiger partial charge in [-0.25, -0.2) is 0 Å². The summed E-state index contributed by atoms with van der Waals surface area (Å²) < 4.78 is 16.5. The van der Waals surface area contributed by atoms with Gasteiger partial charge < -0.3 is 45.3 Å². The SMILES string of the molecule is CCNC(=O)C(O)C(O)C(=O)NCCOCCOCCOCCNc1cccc(C2CN(C)Cc3c(Cl)cc(Cl)cc32)c1. The highest BCUT2D eigenvalue weighted by atomic mass is 35.5. The van der Waals surface area contributed by atoms with Crippen molar-refractivity contribution in [3.05, 3.63) is 63.1 Å². The van der Waals surface area contributed by atoms with Crippen LogP contribution >= 0.6 is 23.2 Å². The molecule has 0 fully saturated rings. The van der Waals surface area contributed by atoms with Crippen molar-refractivity contribution in [3.8, 4) is 0 Å². The third-order valence-corrected chi connectivity index (χ3v) is 7.39. The number of fused-ring (bicyclic) bond motifs is 1. The van der Waals surface area contributed by atoms with Crippen LogP contribution in [-0.4, -0.2) is 112 Å². The molecule has 3 atom stereocenters. The lowest BCUT2D eigenvalue weighted by molar-refractivity contribution is -0.146. The Hall–Kier alpha value is -2.48. The van der Waals surface area contributed by atoms with Crippen molar-refractivity contribution in [2.45, 2.75) is 31.6 Å². The second kappa shape index (κ2) is 18.4. The zero-order valence-electron chi connectivity index (χ0n) is 24.6. The van der Waals surface area contributed by atoms with E-state index in [9.17, 15) is 19.8 Å². The van der Waals surface area contributed by atoms with E-state index in [4.69, 9.17) is 37.4 Å². The third-order valence-electron chi connectivity index (χ3n) is 6.83. The number of hydrogen-bond acceptors (Lipinski definition) is 9. The number of halogens is 2. The first kappa shape index (κ1) is 35.0. The summed E-state index contributed by atoms with van der Waals surface area (Å²) in [5, 5.41) is 28.9. The van der Waals surface area contributed by atoms with Crippen molar-refractivity contribution in [2.75, 3.05) is 78.2 Å². The van der Waals surface area contributed by atoms with Crippen molar-refractivity contribution in [2.24, 2.45) is 0 Å². The molecule has 0 bridgehead atoms. The summed E-state index contributed by atoms with van der Waals surface area (Å²) >= 11 is 12.8. The first-order valence-corrected chi connectivity index (χ1v) is 15.1. The highest BCUT2D eigenvalue weighted by Gasteiger charge is 2.30. The van der Waals surface area contributed by atoms with Gasteiger partial charge in [0, 0.05) is 54.4 Å². The highest BCUT2D eigenvalue weighted by Crippen LogP contribution is 2.38. The fourth-order valence-corrected chi connectivity index (χ4v) is 5.29. The van der Waals surface area contributed by atoms with Crippen LogP contribution in [0.15, 0.2) is 36.4 Å². The lowest BCUT2D eigenvalue weighted by Gasteiger charge is -2.33. The minimum absolute atomic E-state index is 0.116. The molecule has 5 N–H and O–H groups in total. The molecule has 1 aliphatic heterocycles. The molecule has 1 aliphatic rings. The van der Waals surface area contributed by atoms with Crippen LogP contribution in [0, 0.1) is 0 Å². The van der Waals surface area contributed by atoms with Gasteiger partial charge in [-0.05, 0) is 54.9 Å². The maximum Gasteiger partial charge on any atom is 0.252 e. The summed E-state index contributed by atoms with van der Waals surface area (Å²) in [5.41, 5.74) is 4.52. The molecule has 0 aliphatic carbocycles. The molecule has 238 valence electrons. The van der Waals surface area contributed by atoms with Gasteiger partial charge in [-0.1, -0.05) is 35.3 Å². The monoisotopic (exact) mass is 640 g/mol. The maximum atomic E-state index is 11.8. The molecule has 13 heteroatoms. The van der Waals surface area contributed by atoms with Crippen LogP contribution in [0.3, 0.4) is 0 Å². The molecule has 2 aromatic carbocycles. The molecule has 0 saturated heterocycles. The molecule has 2 aromatic rings. The normalized spacial score (nSPS) is 16.3. The summed E-state index contributed by atoms with van der Waals surface area (Å²) in [7, 11) is 2.10. The first-order chi connectivity index (χ1) is 20.7. The number of carbonyl (C=O) groups excluding carboxylic acids is 2. The molecule has 3 rings (SSSR count). The van der Waals surface area contributed by atoms with Gasteiger partial charge in [-0.15, -0.1) is 0 Å². The van der Waals surface area contributed by atoms with Gasteiger partial charge in [0.05, 0.1) is 39.6 Å². The number of benzene rings is 2. The number of aliphatic hydroxyl groups excluding tert-OH is 2. The second-order valence-corrected chi connectivity index (χ2v) is 11.0. The Bertz CT molecular complexity index is 1190. The topological polar surface area (TPSA) is 142 Å². The predicted molar refractivity (Wildman–Crippen MR) is 166 cm³/mol. The highest BCUT2D eigenvalue weighted by molar-refractivity contribution is 6.35. The Balaban J connectivity index is 1.24. The van der Waals surface area contributed by atoms with Gasteiger partial charge >= 0.3 is 0 Å². The van der Waals surface area contributed by atoms with Gasteiger partial charge in [-0.2, -0.15) is 0 Å². The van der Waals surface area contributed by atoms with Gasteiger partial charge in [0.2, 0.25) is 0 Å². The van der Waals surface area contributed by atoms with Crippen LogP contribution in [0.4, 0.5) is 5.69 Å². The quantitative estimate of drug-likeness (QED) is 0.155. The Morgan fingerprint density at radius 2 is 1.56 bits per heavy atom. The average Bonchev–Trinajstić information content (AvgIpc) is 2.99. The largest absolute Gasteiger partial charge is 0.383 e. The molecule has 1 heterocycles. The maximum absolute atomic E-state index is 11.8. The van der Waals surface area contributed by atoms with Gasteiger partial charge in [0.25, 0.3) is 11.8 Å². The molecular formula is C30H42Cl2N4O7. The third kappa shape index (κ3) is 11.2. The molecule has 43 heavy (non-hydrogen) atoms. The van der Waals surface area contributed by atoms with E-state index in [1.807, 2.05) is 24.3 Å². The molecule has 3 unspecified atom stereocenters. The van der Waals surface area contributed by atoms with E-state index in [0.29, 0.717) is 49.6 Å². The van der Waals surface area contributed by atoms with Gasteiger partial charge in [0.1, 0.15) is 0 Å². The zero-order valence-corrected chi connectivity index (χ0v) is 26.1. The fraction of sp³-hybridized carbons (Fsp3) is 0.533. The van der Waals surface area contributed by atoms with Crippen molar-refractivity contribution >= 4 is 40.7 Å². The van der Waals surface area contributed by atoms with E-state index < -0.39 is 24.0 Å². The van der Waals surface area contributed by atoms with Crippen molar-refractivity contribution in [1.82, 2.24) is 15.5 Å². The standard InChI is InChI=1S/C30H42Cl2N4O7/c1-3-33-29(39)27(37)28(38)30(40)35-8-10-42-12-14-43-13-11-41-9-7-34-22-6-4-5-20(15-22)24-18-36(2)19-25-23(24)16-21(31)17-26(25)32/h4-6,15-17,24,27-28,34,37-38H,3,7-14,18-19H2,1-2H3,(H,33,39)(H,35,40). The number of nitrogens with one attached hydrogen (secondary N) is 3. The number of amides is 2. The van der Waals surface area contributed by atoms with Crippen LogP contribution < -0.4 is 16.0 Å². The Kier molecular flexibility index (Phi) is 14.9. The Labute approximate surface area is 262 Å². The van der Waals surface area contributed by atoms with Gasteiger partial charge in [-0.3, -0.25) is 9.59 Å². The van der Waals surface area contributed by atoms with E-state index in [0.717, 1.165) is 24.3 Å². The van der Waals surface area contributed by atoms with Crippen LogP contribution in [0.1, 0.15) is 29.5 Å². The number of hydrogen-bond donors (Lipinski definition) is 5. The lowest BCUT2D eigenvalue weighted by Crippen LogP contribution is -2.49. The Morgan fingerprint density at radius 1 is 0.930 bits per heavy atom. The number of ether oxygens (including phenoxy) is 3. The van der Waals surface area contributed by atoms with Crippen molar-refractivity contribution < 1.29 is 34.0 Å². The number of likely N-dealkylation sites (N-methyl/N-ethyl adjacent to an activating group) is 2. The first-order valence-electron chi connectivity index (χ1n) is 14.4. The fourth-order valence-electron chi connectivity index (χ4n) is 4.72. The summed E-state index contributed by atoms with van der Waals surface area (Å²) in [5.74, 6) is -1.48. The van der Waals surface area contributed by atoms with Crippen LogP contribution in [0.5, 0.6) is 0 Å². The lowest BCUT2D eigenvalue weighted by atomic mass is 9.84. The van der Waals surface area contributed by atoms with E-state index in [2.05, 4.69) is 40.0 Å². The number of rotatable bonds is 18. The van der Waals surface area contributed by atoms with Crippen LogP contribution in [0.2, 0.25) is 10.0 Å². The smallest absolute Gasteiger partial charge is 0.252 e. The second-order valence-electron chi connectivity index (χ2n) is 10.2. The van der Waals surface area contributed by atoms with Crippen LogP contribution in [-0.2, 0) is 30.3 Å². The average molecular weight is 642 g/mol. The Morgan fingerprint density at radius 3 is 2.23 bits per heavy atom. The molecule has 11 nitrogen and oxygen atoms in total. The molecule has 0 saturated carbocycles. The molecule has 0 spiro atoms. The molecule has 2 amide bonds. The van der Waals surface area contributed by atoms with Crippen molar-refractivity contribution in [3.63, 3.8) is 0 Å². The van der Waals surface area contributed by atoms with Crippen LogP contribution in [0.25, 0.3) is 0 Å². The van der Waals surface area contributed by atoms with E-state index in [-0.39, 0.29) is 25.6 Å². The number of aliphatic hydroxyl groups is 2.